The van der Waals surface area contributed by atoms with E-state index in [9.17, 15) is 9.59 Å². The average Bonchev–Trinajstić information content (AvgIpc) is 3.11. The first-order valence-electron chi connectivity index (χ1n) is 11.4. The molecule has 0 spiro atoms. The number of aliphatic imine (C=N–C) groups is 1. The van der Waals surface area contributed by atoms with Gasteiger partial charge in [0.05, 0.1) is 12.1 Å². The number of hydrogen-bond acceptors (Lipinski definition) is 4. The number of nitrogens with one attached hydrogen (secondary N) is 3. The quantitative estimate of drug-likeness (QED) is 0.325. The van der Waals surface area contributed by atoms with Crippen LogP contribution in [0.3, 0.4) is 0 Å². The third-order valence-electron chi connectivity index (χ3n) is 4.87. The normalized spacial score (nSPS) is 14.1. The first-order chi connectivity index (χ1) is 15.0. The maximum atomic E-state index is 12.5. The van der Waals surface area contributed by atoms with Gasteiger partial charge >= 0.3 is 6.09 Å². The summed E-state index contributed by atoms with van der Waals surface area (Å²) in [6.45, 7) is 14.4. The van der Waals surface area contributed by atoms with Crippen LogP contribution < -0.4 is 16.0 Å². The van der Waals surface area contributed by atoms with E-state index in [2.05, 4.69) is 33.1 Å². The Morgan fingerprint density at radius 2 is 1.69 bits per heavy atom. The van der Waals surface area contributed by atoms with Crippen LogP contribution in [-0.2, 0) is 22.6 Å². The number of benzene rings is 1. The summed E-state index contributed by atoms with van der Waals surface area (Å²) < 4.78 is 5.33. The molecule has 0 radical (unpaired) electrons. The molecule has 3 N–H and O–H groups in total. The van der Waals surface area contributed by atoms with E-state index in [0.29, 0.717) is 38.6 Å². The Morgan fingerprint density at radius 3 is 2.25 bits per heavy atom. The van der Waals surface area contributed by atoms with Gasteiger partial charge < -0.3 is 25.6 Å². The standard InChI is InChI=1S/C24H39N5O3/c1-7-25-21(27-17-24(5,6)28-22(31)32-23(2,3)4)26-14-10-13-20(30)29-15-18-11-8-9-12-19(18)16-29/h8-9,11-12H,7,10,13-17H2,1-6H3,(H,28,31)(H2,25,26,27). The number of ether oxygens (including phenoxy) is 1. The topological polar surface area (TPSA) is 95.1 Å². The molecule has 8 nitrogen and oxygen atoms in total. The van der Waals surface area contributed by atoms with Crippen molar-refractivity contribution in [2.45, 2.75) is 78.6 Å². The van der Waals surface area contributed by atoms with Gasteiger partial charge in [0.25, 0.3) is 0 Å². The molecule has 32 heavy (non-hydrogen) atoms. The second-order valence-electron chi connectivity index (χ2n) is 9.75. The summed E-state index contributed by atoms with van der Waals surface area (Å²) in [5.74, 6) is 0.834. The van der Waals surface area contributed by atoms with Crippen LogP contribution in [0.4, 0.5) is 4.79 Å². The summed E-state index contributed by atoms with van der Waals surface area (Å²) in [4.78, 5) is 31.1. The minimum Gasteiger partial charge on any atom is -0.444 e. The molecule has 1 aromatic carbocycles. The van der Waals surface area contributed by atoms with Crippen LogP contribution in [0.5, 0.6) is 0 Å². The van der Waals surface area contributed by atoms with Crippen molar-refractivity contribution >= 4 is 18.0 Å². The number of carbonyl (C=O) groups is 2. The SMILES string of the molecule is CCNC(=NCC(C)(C)NC(=O)OC(C)(C)C)NCCCC(=O)N1Cc2ccccc2C1. The Balaban J connectivity index is 1.76. The number of amides is 2. The van der Waals surface area contributed by atoms with Crippen molar-refractivity contribution in [2.75, 3.05) is 19.6 Å². The van der Waals surface area contributed by atoms with E-state index < -0.39 is 17.2 Å². The number of guanidine groups is 1. The van der Waals surface area contributed by atoms with Crippen molar-refractivity contribution in [3.8, 4) is 0 Å². The zero-order chi connectivity index (χ0) is 23.8. The van der Waals surface area contributed by atoms with E-state index in [1.807, 2.05) is 58.6 Å². The van der Waals surface area contributed by atoms with Crippen LogP contribution in [-0.4, -0.2) is 53.6 Å². The minimum absolute atomic E-state index is 0.174. The lowest BCUT2D eigenvalue weighted by molar-refractivity contribution is -0.131. The van der Waals surface area contributed by atoms with Gasteiger partial charge in [0.15, 0.2) is 5.96 Å². The largest absolute Gasteiger partial charge is 0.444 e. The highest BCUT2D eigenvalue weighted by Crippen LogP contribution is 2.22. The molecule has 0 bridgehead atoms. The smallest absolute Gasteiger partial charge is 0.408 e. The molecule has 1 aliphatic heterocycles. The third-order valence-corrected chi connectivity index (χ3v) is 4.87. The molecule has 0 aliphatic carbocycles. The Morgan fingerprint density at radius 1 is 1.06 bits per heavy atom. The van der Waals surface area contributed by atoms with Gasteiger partial charge in [0.2, 0.25) is 5.91 Å². The second kappa shape index (κ2) is 11.2. The lowest BCUT2D eigenvalue weighted by atomic mass is 10.1. The minimum atomic E-state index is -0.564. The Labute approximate surface area is 192 Å². The van der Waals surface area contributed by atoms with Gasteiger partial charge in [-0.1, -0.05) is 24.3 Å². The fourth-order valence-electron chi connectivity index (χ4n) is 3.35. The van der Waals surface area contributed by atoms with Crippen LogP contribution in [0.2, 0.25) is 0 Å². The van der Waals surface area contributed by atoms with Crippen LogP contribution >= 0.6 is 0 Å². The van der Waals surface area contributed by atoms with Gasteiger partial charge in [-0.15, -0.1) is 0 Å². The van der Waals surface area contributed by atoms with E-state index in [1.165, 1.54) is 11.1 Å². The number of alkyl carbamates (subject to hydrolysis) is 1. The summed E-state index contributed by atoms with van der Waals surface area (Å²) in [7, 11) is 0. The lowest BCUT2D eigenvalue weighted by Gasteiger charge is -2.27. The molecule has 1 aromatic rings. The summed E-state index contributed by atoms with van der Waals surface area (Å²) in [6, 6.07) is 8.20. The fourth-order valence-corrected chi connectivity index (χ4v) is 3.35. The number of fused-ring (bicyclic) bond motifs is 1. The molecule has 0 saturated carbocycles. The molecule has 1 heterocycles. The molecule has 8 heteroatoms. The molecule has 1 aliphatic rings. The highest BCUT2D eigenvalue weighted by atomic mass is 16.6. The average molecular weight is 446 g/mol. The van der Waals surface area contributed by atoms with Crippen molar-refractivity contribution in [1.82, 2.24) is 20.9 Å². The molecule has 0 aromatic heterocycles. The summed E-state index contributed by atoms with van der Waals surface area (Å²) >= 11 is 0. The van der Waals surface area contributed by atoms with Gasteiger partial charge in [0, 0.05) is 32.6 Å². The monoisotopic (exact) mass is 445 g/mol. The first-order valence-corrected chi connectivity index (χ1v) is 11.4. The molecular weight excluding hydrogens is 406 g/mol. The number of hydrogen-bond donors (Lipinski definition) is 3. The fraction of sp³-hybridized carbons (Fsp3) is 0.625. The van der Waals surface area contributed by atoms with Gasteiger partial charge in [-0.3, -0.25) is 9.79 Å². The van der Waals surface area contributed by atoms with E-state index in [0.717, 1.165) is 13.0 Å². The van der Waals surface area contributed by atoms with Crippen molar-refractivity contribution in [1.29, 1.82) is 0 Å². The highest BCUT2D eigenvalue weighted by molar-refractivity contribution is 5.80. The highest BCUT2D eigenvalue weighted by Gasteiger charge is 2.25. The van der Waals surface area contributed by atoms with Crippen LogP contribution in [0, 0.1) is 0 Å². The number of nitrogens with zero attached hydrogens (tertiary/aromatic N) is 2. The van der Waals surface area contributed by atoms with Crippen molar-refractivity contribution < 1.29 is 14.3 Å². The molecule has 0 unspecified atom stereocenters. The number of rotatable bonds is 8. The maximum Gasteiger partial charge on any atom is 0.408 e. The van der Waals surface area contributed by atoms with Gasteiger partial charge in [-0.2, -0.15) is 0 Å². The van der Waals surface area contributed by atoms with E-state index >= 15 is 0 Å². The van der Waals surface area contributed by atoms with Crippen LogP contribution in [0.15, 0.2) is 29.3 Å². The molecule has 2 rings (SSSR count). The van der Waals surface area contributed by atoms with Crippen molar-refractivity contribution in [2.24, 2.45) is 4.99 Å². The van der Waals surface area contributed by atoms with Crippen molar-refractivity contribution in [3.63, 3.8) is 0 Å². The van der Waals surface area contributed by atoms with E-state index in [1.54, 1.807) is 0 Å². The molecule has 2 amide bonds. The van der Waals surface area contributed by atoms with Gasteiger partial charge in [-0.05, 0) is 59.1 Å². The van der Waals surface area contributed by atoms with Gasteiger partial charge in [0.1, 0.15) is 5.60 Å². The summed E-state index contributed by atoms with van der Waals surface area (Å²) in [5.41, 5.74) is 1.37. The lowest BCUT2D eigenvalue weighted by Crippen LogP contribution is -2.49. The third kappa shape index (κ3) is 8.77. The van der Waals surface area contributed by atoms with Crippen LogP contribution in [0.1, 0.15) is 65.5 Å². The van der Waals surface area contributed by atoms with Crippen molar-refractivity contribution in [3.05, 3.63) is 35.4 Å². The van der Waals surface area contributed by atoms with Gasteiger partial charge in [-0.25, -0.2) is 4.79 Å². The molecule has 0 atom stereocenters. The zero-order valence-electron chi connectivity index (χ0n) is 20.4. The molecular formula is C24H39N5O3. The Kier molecular flexibility index (Phi) is 8.92. The van der Waals surface area contributed by atoms with E-state index in [4.69, 9.17) is 4.74 Å². The zero-order valence-corrected chi connectivity index (χ0v) is 20.4. The van der Waals surface area contributed by atoms with Crippen LogP contribution in [0.25, 0.3) is 0 Å². The second-order valence-corrected chi connectivity index (χ2v) is 9.75. The summed E-state index contributed by atoms with van der Waals surface area (Å²) in [6.07, 6.45) is 0.750. The molecule has 0 fully saturated rings. The maximum absolute atomic E-state index is 12.5. The molecule has 0 saturated heterocycles. The summed E-state index contributed by atoms with van der Waals surface area (Å²) in [5, 5.41) is 9.33. The Bertz CT molecular complexity index is 789. The predicted octanol–water partition coefficient (Wildman–Crippen LogP) is 3.17. The molecule has 178 valence electrons. The predicted molar refractivity (Wildman–Crippen MR) is 127 cm³/mol. The first kappa shape index (κ1) is 25.5. The Hall–Kier alpha value is -2.77. The van der Waals surface area contributed by atoms with E-state index in [-0.39, 0.29) is 5.91 Å². The number of carbonyl (C=O) groups excluding carboxylic acids is 2.